The van der Waals surface area contributed by atoms with Crippen LogP contribution in [0, 0.1) is 0 Å². The van der Waals surface area contributed by atoms with Crippen molar-refractivity contribution in [2.24, 2.45) is 7.05 Å². The molecule has 0 saturated carbocycles. The second-order valence-electron chi connectivity index (χ2n) is 4.59. The van der Waals surface area contributed by atoms with Crippen molar-refractivity contribution in [3.63, 3.8) is 0 Å². The summed E-state index contributed by atoms with van der Waals surface area (Å²) < 4.78 is 3.45. The van der Waals surface area contributed by atoms with Gasteiger partial charge in [-0.1, -0.05) is 0 Å². The van der Waals surface area contributed by atoms with Crippen molar-refractivity contribution < 1.29 is 0 Å². The zero-order valence-electron chi connectivity index (χ0n) is 9.24. The van der Waals surface area contributed by atoms with Crippen LogP contribution in [0.4, 0.5) is 0 Å². The quantitative estimate of drug-likeness (QED) is 0.661. The van der Waals surface area contributed by atoms with Crippen molar-refractivity contribution in [1.82, 2.24) is 15.0 Å². The molecule has 0 aliphatic carbocycles. The van der Waals surface area contributed by atoms with Crippen molar-refractivity contribution in [3.8, 4) is 0 Å². The van der Waals surface area contributed by atoms with Crippen LogP contribution >= 0.6 is 0 Å². The Labute approximate surface area is 93.7 Å². The summed E-state index contributed by atoms with van der Waals surface area (Å²) in [5, 5.41) is 7.82. The second-order valence-corrected chi connectivity index (χ2v) is 6.80. The normalized spacial score (nSPS) is 12.3. The molecule has 0 N–H and O–H groups in total. The number of aromatic nitrogens is 3. The molecule has 5 heteroatoms. The third-order valence-corrected chi connectivity index (χ3v) is 5.45. The Morgan fingerprint density at radius 3 is 2.67 bits per heavy atom. The molecule has 0 unspecified atom stereocenters. The first-order chi connectivity index (χ1) is 6.89. The molecule has 0 aromatic carbocycles. The van der Waals surface area contributed by atoms with E-state index in [4.69, 9.17) is 0 Å². The summed E-state index contributed by atoms with van der Waals surface area (Å²) in [4.78, 5) is 11.8. The molecule has 0 spiro atoms. The molecule has 0 saturated heterocycles. The Bertz CT molecular complexity index is 562. The number of rotatable bonds is 0. The van der Waals surface area contributed by atoms with Crippen LogP contribution < -0.4 is 5.56 Å². The van der Waals surface area contributed by atoms with Crippen LogP contribution in [0.15, 0.2) is 10.9 Å². The van der Waals surface area contributed by atoms with Crippen LogP contribution in [0.2, 0.25) is 0 Å². The summed E-state index contributed by atoms with van der Waals surface area (Å²) in [5.41, 5.74) is 0.879. The first-order valence-corrected chi connectivity index (χ1v) is 6.45. The van der Waals surface area contributed by atoms with Gasteiger partial charge < -0.3 is 0 Å². The van der Waals surface area contributed by atoms with E-state index in [9.17, 15) is 4.79 Å². The second kappa shape index (κ2) is 3.29. The average Bonchev–Trinajstić information content (AvgIpc) is 2.55. The zero-order valence-corrected chi connectivity index (χ0v) is 10.9. The molecule has 0 atom stereocenters. The van der Waals surface area contributed by atoms with Gasteiger partial charge in [-0.25, -0.2) is 0 Å². The van der Waals surface area contributed by atoms with Crippen LogP contribution in [-0.4, -0.2) is 29.5 Å². The van der Waals surface area contributed by atoms with Gasteiger partial charge in [-0.2, -0.15) is 0 Å². The van der Waals surface area contributed by atoms with Crippen LogP contribution in [-0.2, 0) is 12.5 Å². The molecule has 2 rings (SSSR count). The maximum atomic E-state index is 11.8. The molecule has 0 fully saturated rings. The van der Waals surface area contributed by atoms with E-state index in [0.29, 0.717) is 0 Å². The van der Waals surface area contributed by atoms with E-state index in [1.54, 1.807) is 7.05 Å². The number of nitrogens with zero attached hydrogens (tertiary/aromatic N) is 3. The van der Waals surface area contributed by atoms with Crippen molar-refractivity contribution in [1.29, 1.82) is 0 Å². The van der Waals surface area contributed by atoms with Crippen LogP contribution in [0.5, 0.6) is 0 Å². The topological polar surface area (TPSA) is 47.8 Å². The number of aryl methyl sites for hydroxylation is 1. The van der Waals surface area contributed by atoms with Crippen molar-refractivity contribution >= 4 is 24.3 Å². The summed E-state index contributed by atoms with van der Waals surface area (Å²) in [7, 11) is 1.64. The Morgan fingerprint density at radius 2 is 2.07 bits per heavy atom. The van der Waals surface area contributed by atoms with Crippen molar-refractivity contribution in [2.45, 2.75) is 26.2 Å². The van der Waals surface area contributed by atoms with Crippen molar-refractivity contribution in [2.75, 3.05) is 0 Å². The van der Waals surface area contributed by atoms with E-state index in [0.717, 1.165) is 9.78 Å². The predicted molar refractivity (Wildman–Crippen MR) is 60.4 cm³/mol. The van der Waals surface area contributed by atoms with Gasteiger partial charge >= 0.3 is 93.4 Å². The molecule has 15 heavy (non-hydrogen) atoms. The van der Waals surface area contributed by atoms with Gasteiger partial charge in [0.25, 0.3) is 0 Å². The molecule has 2 heterocycles. The van der Waals surface area contributed by atoms with E-state index < -0.39 is 0 Å². The molecule has 80 valence electrons. The third kappa shape index (κ3) is 1.77. The summed E-state index contributed by atoms with van der Waals surface area (Å²) in [6, 6.07) is 2.02. The average molecular weight is 270 g/mol. The van der Waals surface area contributed by atoms with E-state index >= 15 is 0 Å². The van der Waals surface area contributed by atoms with Gasteiger partial charge in [-0.3, -0.25) is 0 Å². The van der Waals surface area contributed by atoms with Gasteiger partial charge in [-0.15, -0.1) is 0 Å². The molecular formula is C10H13N3OSe. The molecule has 0 aliphatic rings. The van der Waals surface area contributed by atoms with Gasteiger partial charge in [0.2, 0.25) is 0 Å². The summed E-state index contributed by atoms with van der Waals surface area (Å²) >= 11 is 0.109. The summed E-state index contributed by atoms with van der Waals surface area (Å²) in [6.07, 6.45) is 0. The minimum atomic E-state index is -0.00417. The van der Waals surface area contributed by atoms with Gasteiger partial charge in [0.1, 0.15) is 0 Å². The molecule has 0 aliphatic heterocycles. The Hall–Kier alpha value is -0.931. The Kier molecular flexibility index (Phi) is 2.32. The zero-order chi connectivity index (χ0) is 11.2. The maximum absolute atomic E-state index is 11.8. The number of hydrogen-bond acceptors (Lipinski definition) is 3. The first kappa shape index (κ1) is 10.6. The van der Waals surface area contributed by atoms with Gasteiger partial charge in [0, 0.05) is 0 Å². The van der Waals surface area contributed by atoms with E-state index in [1.165, 1.54) is 9.12 Å². The van der Waals surface area contributed by atoms with E-state index in [1.807, 2.05) is 6.07 Å². The molecular weight excluding hydrogens is 257 g/mol. The van der Waals surface area contributed by atoms with Gasteiger partial charge in [-0.05, 0) is 0 Å². The van der Waals surface area contributed by atoms with E-state index in [2.05, 4.69) is 31.1 Å². The monoisotopic (exact) mass is 271 g/mol. The fourth-order valence-electron chi connectivity index (χ4n) is 1.28. The third-order valence-electron chi connectivity index (χ3n) is 2.23. The molecule has 4 nitrogen and oxygen atoms in total. The molecule has 2 aromatic rings. The fraction of sp³-hybridized carbons (Fsp3) is 0.500. The summed E-state index contributed by atoms with van der Waals surface area (Å²) in [6.45, 7) is 6.47. The Morgan fingerprint density at radius 1 is 1.40 bits per heavy atom. The van der Waals surface area contributed by atoms with Crippen molar-refractivity contribution in [3.05, 3.63) is 20.9 Å². The fourth-order valence-corrected chi connectivity index (χ4v) is 3.63. The van der Waals surface area contributed by atoms with Crippen LogP contribution in [0.3, 0.4) is 0 Å². The van der Waals surface area contributed by atoms with E-state index in [-0.39, 0.29) is 25.5 Å². The number of fused-ring (bicyclic) bond motifs is 1. The predicted octanol–water partition coefficient (Wildman–Crippen LogP) is 0.683. The molecule has 0 bridgehead atoms. The molecule has 0 radical (unpaired) electrons. The minimum absolute atomic E-state index is 0.00417. The molecule has 2 aromatic heterocycles. The van der Waals surface area contributed by atoms with Gasteiger partial charge in [0.05, 0.1) is 0 Å². The first-order valence-electron chi connectivity index (χ1n) is 4.73. The summed E-state index contributed by atoms with van der Waals surface area (Å²) in [5.74, 6) is 0. The standard InChI is InChI=1S/C10H13N3OSe/c1-10(2,3)7-5-6-8(15-7)9(14)13(4)12-11-6/h5H,1-4H3. The van der Waals surface area contributed by atoms with Crippen LogP contribution in [0.1, 0.15) is 25.2 Å². The SMILES string of the molecule is Cn1nnc2cc(C(C)(C)C)[se]c2c1=O. The van der Waals surface area contributed by atoms with Crippen LogP contribution in [0.25, 0.3) is 9.78 Å². The number of hydrogen-bond donors (Lipinski definition) is 0. The Balaban J connectivity index is 2.78. The molecule has 0 amide bonds. The van der Waals surface area contributed by atoms with Gasteiger partial charge in [0.15, 0.2) is 0 Å².